The number of hydrogen-bond acceptors (Lipinski definition) is 4. The number of piperidine rings is 1. The highest BCUT2D eigenvalue weighted by atomic mass is 16.5. The fourth-order valence-electron chi connectivity index (χ4n) is 4.07. The van der Waals surface area contributed by atoms with Crippen LogP contribution >= 0.6 is 0 Å². The Labute approximate surface area is 160 Å². The third-order valence-electron chi connectivity index (χ3n) is 5.59. The minimum atomic E-state index is -0.497. The molecule has 3 rings (SSSR count). The van der Waals surface area contributed by atoms with Gasteiger partial charge in [0.05, 0.1) is 18.2 Å². The van der Waals surface area contributed by atoms with Crippen LogP contribution in [-0.4, -0.2) is 60.9 Å². The molecule has 0 spiro atoms. The second-order valence-corrected chi connectivity index (χ2v) is 7.42. The van der Waals surface area contributed by atoms with Crippen molar-refractivity contribution >= 4 is 17.8 Å². The lowest BCUT2D eigenvalue weighted by molar-refractivity contribution is -0.130. The van der Waals surface area contributed by atoms with E-state index in [1.165, 1.54) is 7.11 Å². The molecule has 0 saturated carbocycles. The monoisotopic (exact) mass is 372 g/mol. The summed E-state index contributed by atoms with van der Waals surface area (Å²) in [6.07, 6.45) is 5.56. The minimum Gasteiger partial charge on any atom is -0.465 e. The minimum absolute atomic E-state index is 0.133. The maximum atomic E-state index is 13.0. The lowest BCUT2D eigenvalue weighted by Gasteiger charge is -2.33. The number of carbonyl (C=O) groups is 3. The van der Waals surface area contributed by atoms with E-state index in [9.17, 15) is 14.4 Å². The van der Waals surface area contributed by atoms with E-state index >= 15 is 0 Å². The Morgan fingerprint density at radius 3 is 2.37 bits per heavy atom. The van der Waals surface area contributed by atoms with Crippen LogP contribution in [0.2, 0.25) is 0 Å². The number of hydrogen-bond donors (Lipinski definition) is 0. The average Bonchev–Trinajstić information content (AvgIpc) is 3.26. The molecule has 0 aromatic heterocycles. The molecule has 6 heteroatoms. The largest absolute Gasteiger partial charge is 0.465 e. The van der Waals surface area contributed by atoms with Crippen LogP contribution in [0.5, 0.6) is 0 Å². The molecule has 1 aromatic carbocycles. The molecule has 0 N–H and O–H groups in total. The van der Waals surface area contributed by atoms with E-state index in [-0.39, 0.29) is 11.8 Å². The standard InChI is InChI=1S/C21H28N2O4/c1-27-21(26)18-9-3-2-8-17(18)20(25)23-14-6-7-16(15-23)10-11-19(24)22-12-4-5-13-22/h2-3,8-9,16H,4-7,10-15H2,1H3. The molecule has 6 nitrogen and oxygen atoms in total. The van der Waals surface area contributed by atoms with Crippen molar-refractivity contribution in [3.63, 3.8) is 0 Å². The number of likely N-dealkylation sites (tertiary alicyclic amines) is 2. The maximum absolute atomic E-state index is 13.0. The van der Waals surface area contributed by atoms with Crippen molar-refractivity contribution in [3.8, 4) is 0 Å². The zero-order chi connectivity index (χ0) is 19.2. The number of amides is 2. The van der Waals surface area contributed by atoms with Crippen LogP contribution < -0.4 is 0 Å². The summed E-state index contributed by atoms with van der Waals surface area (Å²) in [4.78, 5) is 41.0. The third-order valence-corrected chi connectivity index (χ3v) is 5.59. The van der Waals surface area contributed by atoms with Crippen molar-refractivity contribution in [1.82, 2.24) is 9.80 Å². The molecule has 2 saturated heterocycles. The Hall–Kier alpha value is -2.37. The fourth-order valence-corrected chi connectivity index (χ4v) is 4.07. The summed E-state index contributed by atoms with van der Waals surface area (Å²) in [5, 5.41) is 0. The van der Waals surface area contributed by atoms with E-state index in [4.69, 9.17) is 4.74 Å². The molecule has 2 aliphatic heterocycles. The molecule has 0 aliphatic carbocycles. The number of esters is 1. The van der Waals surface area contributed by atoms with Crippen molar-refractivity contribution in [2.45, 2.75) is 38.5 Å². The predicted molar refractivity (Wildman–Crippen MR) is 101 cm³/mol. The highest BCUT2D eigenvalue weighted by molar-refractivity contribution is 6.05. The van der Waals surface area contributed by atoms with Crippen molar-refractivity contribution in [3.05, 3.63) is 35.4 Å². The molecule has 2 heterocycles. The molecule has 1 unspecified atom stereocenters. The van der Waals surface area contributed by atoms with Crippen molar-refractivity contribution < 1.29 is 19.1 Å². The average molecular weight is 372 g/mol. The lowest BCUT2D eigenvalue weighted by atomic mass is 9.92. The summed E-state index contributed by atoms with van der Waals surface area (Å²) < 4.78 is 4.80. The van der Waals surface area contributed by atoms with E-state index < -0.39 is 5.97 Å². The summed E-state index contributed by atoms with van der Waals surface area (Å²) in [6.45, 7) is 3.10. The SMILES string of the molecule is COC(=O)c1ccccc1C(=O)N1CCCC(CCC(=O)N2CCCC2)C1. The van der Waals surface area contributed by atoms with E-state index in [1.54, 1.807) is 24.3 Å². The zero-order valence-electron chi connectivity index (χ0n) is 16.0. The topological polar surface area (TPSA) is 66.9 Å². The number of benzene rings is 1. The molecule has 27 heavy (non-hydrogen) atoms. The first-order chi connectivity index (χ1) is 13.1. The van der Waals surface area contributed by atoms with Crippen LogP contribution in [-0.2, 0) is 9.53 Å². The number of nitrogens with zero attached hydrogens (tertiary/aromatic N) is 2. The summed E-state index contributed by atoms with van der Waals surface area (Å²) in [5.41, 5.74) is 0.689. The summed E-state index contributed by atoms with van der Waals surface area (Å²) in [7, 11) is 1.32. The van der Waals surface area contributed by atoms with Crippen molar-refractivity contribution in [2.75, 3.05) is 33.3 Å². The Balaban J connectivity index is 1.60. The van der Waals surface area contributed by atoms with Crippen molar-refractivity contribution in [2.24, 2.45) is 5.92 Å². The highest BCUT2D eigenvalue weighted by Gasteiger charge is 2.28. The van der Waals surface area contributed by atoms with Gasteiger partial charge >= 0.3 is 5.97 Å². The highest BCUT2D eigenvalue weighted by Crippen LogP contribution is 2.24. The summed E-state index contributed by atoms with van der Waals surface area (Å²) in [5.74, 6) is -0.0539. The third kappa shape index (κ3) is 4.67. The second-order valence-electron chi connectivity index (χ2n) is 7.42. The van der Waals surface area contributed by atoms with E-state index in [1.807, 2.05) is 9.80 Å². The summed E-state index contributed by atoms with van der Waals surface area (Å²) >= 11 is 0. The number of carbonyl (C=O) groups excluding carboxylic acids is 3. The Bertz CT molecular complexity index is 697. The van der Waals surface area contributed by atoms with Gasteiger partial charge in [-0.25, -0.2) is 4.79 Å². The first-order valence-electron chi connectivity index (χ1n) is 9.84. The van der Waals surface area contributed by atoms with Crippen LogP contribution in [0.3, 0.4) is 0 Å². The molecule has 0 bridgehead atoms. The van der Waals surface area contributed by atoms with Gasteiger partial charge in [-0.3, -0.25) is 9.59 Å². The molecule has 1 atom stereocenters. The molecular weight excluding hydrogens is 344 g/mol. The lowest BCUT2D eigenvalue weighted by Crippen LogP contribution is -2.41. The van der Waals surface area contributed by atoms with Gasteiger partial charge in [0.2, 0.25) is 5.91 Å². The smallest absolute Gasteiger partial charge is 0.338 e. The molecule has 2 amide bonds. The van der Waals surface area contributed by atoms with Crippen molar-refractivity contribution in [1.29, 1.82) is 0 Å². The van der Waals surface area contributed by atoms with Gasteiger partial charge in [-0.15, -0.1) is 0 Å². The predicted octanol–water partition coefficient (Wildman–Crippen LogP) is 2.73. The number of rotatable bonds is 5. The first-order valence-corrected chi connectivity index (χ1v) is 9.84. The van der Waals surface area contributed by atoms with Crippen LogP contribution in [0.4, 0.5) is 0 Å². The van der Waals surface area contributed by atoms with Gasteiger partial charge in [0.25, 0.3) is 5.91 Å². The van der Waals surface area contributed by atoms with Gasteiger partial charge in [-0.05, 0) is 50.2 Å². The summed E-state index contributed by atoms with van der Waals surface area (Å²) in [6, 6.07) is 6.78. The van der Waals surface area contributed by atoms with Gasteiger partial charge in [0.15, 0.2) is 0 Å². The Morgan fingerprint density at radius 2 is 1.67 bits per heavy atom. The normalized spacial score (nSPS) is 19.8. The molecule has 1 aromatic rings. The quantitative estimate of drug-likeness (QED) is 0.746. The van der Waals surface area contributed by atoms with Crippen LogP contribution in [0.25, 0.3) is 0 Å². The number of methoxy groups -OCH3 is 1. The zero-order valence-corrected chi connectivity index (χ0v) is 16.0. The van der Waals surface area contributed by atoms with E-state index in [2.05, 4.69) is 0 Å². The molecule has 146 valence electrons. The molecule has 2 aliphatic rings. The Kier molecular flexibility index (Phi) is 6.48. The molecule has 2 fully saturated rings. The second kappa shape index (κ2) is 9.02. The van der Waals surface area contributed by atoms with Crippen LogP contribution in [0.15, 0.2) is 24.3 Å². The van der Waals surface area contributed by atoms with Gasteiger partial charge in [-0.2, -0.15) is 0 Å². The molecule has 0 radical (unpaired) electrons. The van der Waals surface area contributed by atoms with Gasteiger partial charge in [0, 0.05) is 32.6 Å². The maximum Gasteiger partial charge on any atom is 0.338 e. The molecular formula is C21H28N2O4. The van der Waals surface area contributed by atoms with Crippen LogP contribution in [0.1, 0.15) is 59.2 Å². The van der Waals surface area contributed by atoms with Crippen LogP contribution in [0, 0.1) is 5.92 Å². The first kappa shape index (κ1) is 19.4. The fraction of sp³-hybridized carbons (Fsp3) is 0.571. The van der Waals surface area contributed by atoms with E-state index in [0.717, 1.165) is 45.2 Å². The van der Waals surface area contributed by atoms with E-state index in [0.29, 0.717) is 36.6 Å². The van der Waals surface area contributed by atoms with Gasteiger partial charge in [0.1, 0.15) is 0 Å². The Morgan fingerprint density at radius 1 is 1.00 bits per heavy atom. The van der Waals surface area contributed by atoms with Gasteiger partial charge < -0.3 is 14.5 Å². The number of ether oxygens (including phenoxy) is 1. The van der Waals surface area contributed by atoms with Gasteiger partial charge in [-0.1, -0.05) is 12.1 Å².